The van der Waals surface area contributed by atoms with Gasteiger partial charge in [0, 0.05) is 19.6 Å². The van der Waals surface area contributed by atoms with E-state index in [-0.39, 0.29) is 32.8 Å². The van der Waals surface area contributed by atoms with Crippen LogP contribution in [0.1, 0.15) is 136 Å². The molecule has 0 aromatic rings. The van der Waals surface area contributed by atoms with E-state index in [0.717, 1.165) is 51.4 Å². The van der Waals surface area contributed by atoms with E-state index in [9.17, 15) is 14.3 Å². The number of nitrogens with two attached hydrogens (primary N) is 1. The maximum Gasteiger partial charge on any atom is 0.472 e. The van der Waals surface area contributed by atoms with Gasteiger partial charge in [0.15, 0.2) is 0 Å². The highest BCUT2D eigenvalue weighted by Crippen LogP contribution is 2.43. The average Bonchev–Trinajstić information content (AvgIpc) is 3.09. The quantitative estimate of drug-likeness (QED) is 0.0289. The predicted molar refractivity (Wildman–Crippen MR) is 205 cm³/mol. The van der Waals surface area contributed by atoms with Crippen LogP contribution in [-0.2, 0) is 27.9 Å². The number of phosphoric ester groups is 1. The second-order valence-corrected chi connectivity index (χ2v) is 13.5. The zero-order valence-corrected chi connectivity index (χ0v) is 31.8. The monoisotopic (exact) mass is 707 g/mol. The Hall–Kier alpha value is -2.06. The van der Waals surface area contributed by atoms with Gasteiger partial charge >= 0.3 is 13.8 Å². The lowest BCUT2D eigenvalue weighted by atomic mass is 10.1. The summed E-state index contributed by atoms with van der Waals surface area (Å²) in [4.78, 5) is 22.3. The number of phosphoric acid groups is 1. The van der Waals surface area contributed by atoms with Crippen molar-refractivity contribution in [1.29, 1.82) is 0 Å². The van der Waals surface area contributed by atoms with Gasteiger partial charge in [0.25, 0.3) is 0 Å². The van der Waals surface area contributed by atoms with Crippen molar-refractivity contribution in [3.05, 3.63) is 72.9 Å². The molecule has 0 spiro atoms. The van der Waals surface area contributed by atoms with Gasteiger partial charge in [-0.3, -0.25) is 13.8 Å². The summed E-state index contributed by atoms with van der Waals surface area (Å²) < 4.78 is 33.2. The molecule has 0 radical (unpaired) electrons. The Morgan fingerprint density at radius 1 is 0.633 bits per heavy atom. The molecule has 0 amide bonds. The summed E-state index contributed by atoms with van der Waals surface area (Å²) in [6, 6.07) is 0. The number of allylic oxidation sites excluding steroid dienone is 12. The van der Waals surface area contributed by atoms with Crippen LogP contribution in [0.3, 0.4) is 0 Å². The number of hydrogen-bond donors (Lipinski definition) is 2. The Morgan fingerprint density at radius 2 is 1.10 bits per heavy atom. The SMILES string of the molecule is CC/C=C\C/C=C\C/C=C\C/C=C\C/C=C\C/C=C\CCC(=O)OC(COCCCCCCCCCCCCC)COP(=O)(O)OCCN. The van der Waals surface area contributed by atoms with Crippen molar-refractivity contribution in [3.63, 3.8) is 0 Å². The fourth-order valence-corrected chi connectivity index (χ4v) is 5.43. The van der Waals surface area contributed by atoms with Gasteiger partial charge in [0.05, 0.1) is 19.8 Å². The first-order chi connectivity index (χ1) is 23.9. The zero-order chi connectivity index (χ0) is 35.9. The molecule has 0 aromatic carbocycles. The summed E-state index contributed by atoms with van der Waals surface area (Å²) >= 11 is 0. The first kappa shape index (κ1) is 46.9. The number of carbonyl (C=O) groups excluding carboxylic acids is 1. The van der Waals surface area contributed by atoms with Crippen LogP contribution in [0.4, 0.5) is 0 Å². The maximum absolute atomic E-state index is 12.5. The molecule has 9 heteroatoms. The fourth-order valence-electron chi connectivity index (χ4n) is 4.67. The third kappa shape index (κ3) is 37.0. The van der Waals surface area contributed by atoms with Crippen molar-refractivity contribution in [1.82, 2.24) is 0 Å². The van der Waals surface area contributed by atoms with Gasteiger partial charge in [0.1, 0.15) is 6.10 Å². The molecule has 8 nitrogen and oxygen atoms in total. The highest BCUT2D eigenvalue weighted by Gasteiger charge is 2.25. The van der Waals surface area contributed by atoms with Crippen LogP contribution >= 0.6 is 7.82 Å². The van der Waals surface area contributed by atoms with Gasteiger partial charge in [-0.25, -0.2) is 4.57 Å². The normalized spacial score (nSPS) is 14.4. The van der Waals surface area contributed by atoms with Crippen LogP contribution in [0.15, 0.2) is 72.9 Å². The lowest BCUT2D eigenvalue weighted by Crippen LogP contribution is -2.28. The molecular weight excluding hydrogens is 637 g/mol. The lowest BCUT2D eigenvalue weighted by molar-refractivity contribution is -0.154. The Kier molecular flexibility index (Phi) is 35.6. The molecule has 0 fully saturated rings. The van der Waals surface area contributed by atoms with Crippen LogP contribution in [0.5, 0.6) is 0 Å². The summed E-state index contributed by atoms with van der Waals surface area (Å²) in [6.07, 6.45) is 45.0. The number of ether oxygens (including phenoxy) is 2. The first-order valence-corrected chi connectivity index (χ1v) is 20.4. The molecule has 3 N–H and O–H groups in total. The van der Waals surface area contributed by atoms with E-state index in [1.165, 1.54) is 57.8 Å². The minimum Gasteiger partial charge on any atom is -0.457 e. The summed E-state index contributed by atoms with van der Waals surface area (Å²) in [5, 5.41) is 0. The van der Waals surface area contributed by atoms with E-state index >= 15 is 0 Å². The predicted octanol–water partition coefficient (Wildman–Crippen LogP) is 10.8. The van der Waals surface area contributed by atoms with Crippen LogP contribution in [0.2, 0.25) is 0 Å². The second-order valence-electron chi connectivity index (χ2n) is 12.1. The molecule has 0 aromatic heterocycles. The Bertz CT molecular complexity index is 974. The molecule has 0 aliphatic rings. The number of hydrogen-bond acceptors (Lipinski definition) is 7. The number of esters is 1. The van der Waals surface area contributed by atoms with Crippen LogP contribution in [0, 0.1) is 0 Å². The fraction of sp³-hybridized carbons (Fsp3) is 0.675. The van der Waals surface area contributed by atoms with Gasteiger partial charge in [-0.05, 0) is 51.4 Å². The number of carbonyl (C=O) groups is 1. The summed E-state index contributed by atoms with van der Waals surface area (Å²) in [5.74, 6) is -0.415. The zero-order valence-electron chi connectivity index (χ0n) is 30.9. The lowest BCUT2D eigenvalue weighted by Gasteiger charge is -2.20. The van der Waals surface area contributed by atoms with E-state index in [1.807, 2.05) is 12.2 Å². The number of rotatable bonds is 35. The molecule has 0 aliphatic carbocycles. The Morgan fingerprint density at radius 3 is 1.59 bits per heavy atom. The molecule has 282 valence electrons. The van der Waals surface area contributed by atoms with Crippen molar-refractivity contribution >= 4 is 13.8 Å². The smallest absolute Gasteiger partial charge is 0.457 e. The summed E-state index contributed by atoms with van der Waals surface area (Å²) in [6.45, 7) is 4.67. The van der Waals surface area contributed by atoms with Crippen molar-refractivity contribution < 1.29 is 32.8 Å². The van der Waals surface area contributed by atoms with E-state index in [4.69, 9.17) is 24.3 Å². The molecule has 2 atom stereocenters. The molecule has 2 unspecified atom stereocenters. The molecule has 0 saturated carbocycles. The maximum atomic E-state index is 12.5. The van der Waals surface area contributed by atoms with Gasteiger partial charge in [-0.1, -0.05) is 151 Å². The molecule has 0 bridgehead atoms. The first-order valence-electron chi connectivity index (χ1n) is 18.9. The summed E-state index contributed by atoms with van der Waals surface area (Å²) in [7, 11) is -4.29. The minimum absolute atomic E-state index is 0.0836. The molecule has 0 heterocycles. The molecular formula is C40H70NO7P. The average molecular weight is 708 g/mol. The summed E-state index contributed by atoms with van der Waals surface area (Å²) in [5.41, 5.74) is 5.34. The van der Waals surface area contributed by atoms with E-state index < -0.39 is 19.9 Å². The highest BCUT2D eigenvalue weighted by molar-refractivity contribution is 7.47. The van der Waals surface area contributed by atoms with Gasteiger partial charge < -0.3 is 20.1 Å². The molecule has 0 rings (SSSR count). The molecule has 49 heavy (non-hydrogen) atoms. The van der Waals surface area contributed by atoms with Gasteiger partial charge in [-0.2, -0.15) is 0 Å². The highest BCUT2D eigenvalue weighted by atomic mass is 31.2. The third-order valence-electron chi connectivity index (χ3n) is 7.40. The van der Waals surface area contributed by atoms with Crippen LogP contribution < -0.4 is 5.73 Å². The van der Waals surface area contributed by atoms with E-state index in [2.05, 4.69) is 74.6 Å². The van der Waals surface area contributed by atoms with Crippen molar-refractivity contribution in [3.8, 4) is 0 Å². The third-order valence-corrected chi connectivity index (χ3v) is 8.39. The molecule has 0 saturated heterocycles. The van der Waals surface area contributed by atoms with Gasteiger partial charge in [-0.15, -0.1) is 0 Å². The van der Waals surface area contributed by atoms with Crippen molar-refractivity contribution in [2.24, 2.45) is 5.73 Å². The molecule has 0 aliphatic heterocycles. The standard InChI is InChI=1S/C40H70NO7P/c1-3-5-7-9-11-13-15-16-17-18-19-20-21-22-23-25-27-29-31-33-40(42)48-39(38-47-49(43,44)46-36-34-41)37-45-35-32-30-28-26-24-14-12-10-8-6-4-2/h5,7,11,13,16-17,19-20,22-23,27,29,39H,3-4,6,8-10,12,14-15,18,21,24-26,28,30-38,41H2,1-2H3,(H,43,44)/b7-5-,13-11-,17-16-,20-19-,23-22-,29-27-. The van der Waals surface area contributed by atoms with Crippen molar-refractivity contribution in [2.45, 2.75) is 142 Å². The van der Waals surface area contributed by atoms with Crippen molar-refractivity contribution in [2.75, 3.05) is 33.0 Å². The van der Waals surface area contributed by atoms with Crippen LogP contribution in [-0.4, -0.2) is 49.9 Å². The Labute approximate surface area is 299 Å². The van der Waals surface area contributed by atoms with Crippen LogP contribution in [0.25, 0.3) is 0 Å². The van der Waals surface area contributed by atoms with E-state index in [0.29, 0.717) is 13.0 Å². The Balaban J connectivity index is 4.25. The minimum atomic E-state index is -4.29. The van der Waals surface area contributed by atoms with E-state index in [1.54, 1.807) is 0 Å². The topological polar surface area (TPSA) is 117 Å². The largest absolute Gasteiger partial charge is 0.472 e. The van der Waals surface area contributed by atoms with Gasteiger partial charge in [0.2, 0.25) is 0 Å². The number of unbranched alkanes of at least 4 members (excludes halogenated alkanes) is 10. The second kappa shape index (κ2) is 37.2.